The maximum atomic E-state index is 14.0. The van der Waals surface area contributed by atoms with E-state index in [1.165, 1.54) is 34.1 Å². The summed E-state index contributed by atoms with van der Waals surface area (Å²) in [6, 6.07) is 6.81. The first-order valence-electron chi connectivity index (χ1n) is 7.31. The molecule has 0 atom stereocenters. The van der Waals surface area contributed by atoms with E-state index in [2.05, 4.69) is 4.98 Å². The van der Waals surface area contributed by atoms with Gasteiger partial charge < -0.3 is 10.3 Å². The normalized spacial score (nSPS) is 11.2. The number of nitrogen functional groups attached to an aromatic ring is 1. The largest absolute Gasteiger partial charge is 0.375 e. The summed E-state index contributed by atoms with van der Waals surface area (Å²) in [7, 11) is 0. The summed E-state index contributed by atoms with van der Waals surface area (Å²) >= 11 is 1.19. The van der Waals surface area contributed by atoms with Crippen LogP contribution in [-0.2, 0) is 0 Å². The van der Waals surface area contributed by atoms with Crippen molar-refractivity contribution < 1.29 is 8.78 Å². The van der Waals surface area contributed by atoms with E-state index in [-0.39, 0.29) is 11.9 Å². The minimum Gasteiger partial charge on any atom is -0.375 e. The third kappa shape index (κ3) is 2.94. The molecule has 0 saturated carbocycles. The molecule has 3 rings (SSSR count). The van der Waals surface area contributed by atoms with Crippen molar-refractivity contribution in [2.24, 2.45) is 0 Å². The highest BCUT2D eigenvalue weighted by Crippen LogP contribution is 2.38. The molecule has 0 aliphatic rings. The van der Waals surface area contributed by atoms with E-state index in [9.17, 15) is 13.6 Å². The van der Waals surface area contributed by atoms with Crippen LogP contribution in [0, 0.1) is 11.6 Å². The Balaban J connectivity index is 2.21. The van der Waals surface area contributed by atoms with Gasteiger partial charge in [0.2, 0.25) is 0 Å². The van der Waals surface area contributed by atoms with Gasteiger partial charge in [0.1, 0.15) is 5.82 Å². The average molecular weight is 347 g/mol. The van der Waals surface area contributed by atoms with Gasteiger partial charge in [-0.1, -0.05) is 11.3 Å². The lowest BCUT2D eigenvalue weighted by molar-refractivity contribution is 0.527. The van der Waals surface area contributed by atoms with Crippen molar-refractivity contribution in [3.63, 3.8) is 0 Å². The predicted octanol–water partition coefficient (Wildman–Crippen LogP) is 4.08. The molecule has 0 spiro atoms. The number of pyridine rings is 1. The lowest BCUT2D eigenvalue weighted by Gasteiger charge is -2.12. The molecule has 4 nitrogen and oxygen atoms in total. The van der Waals surface area contributed by atoms with Crippen molar-refractivity contribution >= 4 is 16.5 Å². The first kappa shape index (κ1) is 16.3. The molecule has 2 heterocycles. The number of hydrogen-bond acceptors (Lipinski definition) is 4. The van der Waals surface area contributed by atoms with Crippen molar-refractivity contribution in [3.05, 3.63) is 58.5 Å². The van der Waals surface area contributed by atoms with E-state index >= 15 is 0 Å². The number of thiazole rings is 1. The number of anilines is 1. The van der Waals surface area contributed by atoms with Gasteiger partial charge in [0.25, 0.3) is 5.56 Å². The lowest BCUT2D eigenvalue weighted by atomic mass is 10.1. The van der Waals surface area contributed by atoms with E-state index in [0.29, 0.717) is 26.8 Å². The minimum atomic E-state index is -0.835. The van der Waals surface area contributed by atoms with Gasteiger partial charge in [0.05, 0.1) is 10.6 Å². The summed E-state index contributed by atoms with van der Waals surface area (Å²) < 4.78 is 28.5. The molecule has 0 unspecified atom stereocenters. The van der Waals surface area contributed by atoms with Crippen molar-refractivity contribution in [1.29, 1.82) is 0 Å². The van der Waals surface area contributed by atoms with Crippen LogP contribution in [0.15, 0.2) is 41.3 Å². The van der Waals surface area contributed by atoms with Gasteiger partial charge in [-0.3, -0.25) is 4.79 Å². The van der Waals surface area contributed by atoms with Gasteiger partial charge in [-0.05, 0) is 44.2 Å². The van der Waals surface area contributed by atoms with Crippen LogP contribution in [0.5, 0.6) is 0 Å². The fourth-order valence-electron chi connectivity index (χ4n) is 2.41. The first-order chi connectivity index (χ1) is 11.4. The molecule has 0 bridgehead atoms. The first-order valence-corrected chi connectivity index (χ1v) is 8.12. The Morgan fingerprint density at radius 1 is 1.17 bits per heavy atom. The van der Waals surface area contributed by atoms with Crippen LogP contribution >= 0.6 is 11.3 Å². The number of hydrogen-bond donors (Lipinski definition) is 1. The quantitative estimate of drug-likeness (QED) is 0.776. The number of halogens is 2. The number of nitrogens with two attached hydrogens (primary N) is 1. The summed E-state index contributed by atoms with van der Waals surface area (Å²) in [5.74, 6) is -1.19. The monoisotopic (exact) mass is 347 g/mol. The van der Waals surface area contributed by atoms with Crippen molar-refractivity contribution in [1.82, 2.24) is 9.55 Å². The van der Waals surface area contributed by atoms with E-state index in [1.807, 2.05) is 0 Å². The highest BCUT2D eigenvalue weighted by Gasteiger charge is 2.17. The van der Waals surface area contributed by atoms with Crippen LogP contribution in [0.4, 0.5) is 13.9 Å². The van der Waals surface area contributed by atoms with E-state index in [4.69, 9.17) is 5.73 Å². The smallest absolute Gasteiger partial charge is 0.286 e. The molecule has 0 fully saturated rings. The highest BCUT2D eigenvalue weighted by molar-refractivity contribution is 7.19. The number of nitrogens with zero attached hydrogens (tertiary/aromatic N) is 2. The summed E-state index contributed by atoms with van der Waals surface area (Å²) in [6.45, 7) is 3.60. The number of aromatic nitrogens is 2. The molecule has 24 heavy (non-hydrogen) atoms. The minimum absolute atomic E-state index is 0.188. The lowest BCUT2D eigenvalue weighted by Crippen LogP contribution is -2.24. The molecular weight excluding hydrogens is 332 g/mol. The number of benzene rings is 1. The third-order valence-electron chi connectivity index (χ3n) is 3.58. The highest BCUT2D eigenvalue weighted by atomic mass is 32.1. The van der Waals surface area contributed by atoms with E-state index in [1.54, 1.807) is 32.2 Å². The maximum absolute atomic E-state index is 14.0. The summed E-state index contributed by atoms with van der Waals surface area (Å²) in [4.78, 5) is 16.8. The molecule has 3 aromatic rings. The fourth-order valence-corrected chi connectivity index (χ4v) is 3.25. The zero-order valence-corrected chi connectivity index (χ0v) is 13.9. The van der Waals surface area contributed by atoms with Crippen molar-refractivity contribution in [2.45, 2.75) is 19.9 Å². The second kappa shape index (κ2) is 6.16. The van der Waals surface area contributed by atoms with E-state index < -0.39 is 11.4 Å². The Morgan fingerprint density at radius 3 is 2.46 bits per heavy atom. The summed E-state index contributed by atoms with van der Waals surface area (Å²) in [5, 5.41) is 0.312. The van der Waals surface area contributed by atoms with Gasteiger partial charge in [0, 0.05) is 23.4 Å². The zero-order valence-electron chi connectivity index (χ0n) is 13.1. The molecule has 0 aliphatic heterocycles. The average Bonchev–Trinajstić information content (AvgIpc) is 2.92. The van der Waals surface area contributed by atoms with Crippen LogP contribution in [0.2, 0.25) is 0 Å². The fraction of sp³-hybridized carbons (Fsp3) is 0.176. The summed E-state index contributed by atoms with van der Waals surface area (Å²) in [6.07, 6.45) is 1.59. The Hall–Kier alpha value is -2.54. The molecule has 0 radical (unpaired) electrons. The molecule has 0 aliphatic carbocycles. The topological polar surface area (TPSA) is 60.9 Å². The Bertz CT molecular complexity index is 945. The number of rotatable bonds is 3. The van der Waals surface area contributed by atoms with Crippen LogP contribution in [0.1, 0.15) is 19.9 Å². The van der Waals surface area contributed by atoms with Crippen molar-refractivity contribution in [2.75, 3.05) is 5.73 Å². The van der Waals surface area contributed by atoms with Crippen molar-refractivity contribution in [3.8, 4) is 21.7 Å². The molecule has 1 aromatic carbocycles. The van der Waals surface area contributed by atoms with Crippen LogP contribution in [0.25, 0.3) is 21.7 Å². The molecular formula is C17H15F2N3OS. The standard InChI is InChI=1S/C17H15F2N3OS/c1-9(2)22-8-11(7-13(19)16(22)23)15-14(21-17(20)24-15)10-3-5-12(18)6-4-10/h3-9H,1-2H3,(H2,20,21). The Morgan fingerprint density at radius 2 is 1.83 bits per heavy atom. The SMILES string of the molecule is CC(C)n1cc(-c2sc(N)nc2-c2ccc(F)cc2)cc(F)c1=O. The third-order valence-corrected chi connectivity index (χ3v) is 4.51. The molecule has 7 heteroatoms. The second-order valence-electron chi connectivity index (χ2n) is 5.62. The molecule has 0 saturated heterocycles. The van der Waals surface area contributed by atoms with Gasteiger partial charge >= 0.3 is 0 Å². The second-order valence-corrected chi connectivity index (χ2v) is 6.65. The zero-order chi connectivity index (χ0) is 17.4. The van der Waals surface area contributed by atoms with Gasteiger partial charge in [-0.15, -0.1) is 0 Å². The van der Waals surface area contributed by atoms with Gasteiger partial charge in [-0.2, -0.15) is 0 Å². The molecule has 2 N–H and O–H groups in total. The Labute approximate surface area is 141 Å². The summed E-state index contributed by atoms with van der Waals surface area (Å²) in [5.41, 5.74) is 6.86. The van der Waals surface area contributed by atoms with E-state index in [0.717, 1.165) is 0 Å². The van der Waals surface area contributed by atoms with Gasteiger partial charge in [0.15, 0.2) is 10.9 Å². The maximum Gasteiger partial charge on any atom is 0.286 e. The van der Waals surface area contributed by atoms with Crippen LogP contribution in [0.3, 0.4) is 0 Å². The molecule has 124 valence electrons. The van der Waals surface area contributed by atoms with Gasteiger partial charge in [-0.25, -0.2) is 13.8 Å². The Kier molecular flexibility index (Phi) is 4.19. The molecule has 2 aromatic heterocycles. The van der Waals surface area contributed by atoms with Crippen LogP contribution < -0.4 is 11.3 Å². The predicted molar refractivity (Wildman–Crippen MR) is 92.0 cm³/mol. The molecule has 0 amide bonds. The van der Waals surface area contributed by atoms with Crippen LogP contribution in [-0.4, -0.2) is 9.55 Å².